The Morgan fingerprint density at radius 2 is 2.44 bits per heavy atom. The van der Waals surface area contributed by atoms with Gasteiger partial charge in [-0.3, -0.25) is 14.7 Å². The van der Waals surface area contributed by atoms with Crippen molar-refractivity contribution in [3.8, 4) is 0 Å². The van der Waals surface area contributed by atoms with Crippen LogP contribution in [-0.2, 0) is 7.05 Å². The largest absolute Gasteiger partial charge is 0.344 e. The third-order valence-corrected chi connectivity index (χ3v) is 3.74. The molecule has 2 aromatic heterocycles. The topological polar surface area (TPSA) is 107 Å². The maximum absolute atomic E-state index is 11.0. The van der Waals surface area contributed by atoms with Crippen LogP contribution < -0.4 is 5.69 Å². The minimum absolute atomic E-state index is 0.0389. The molecule has 0 aliphatic rings. The maximum atomic E-state index is 11.0. The Kier molecular flexibility index (Phi) is 2.75. The van der Waals surface area contributed by atoms with Gasteiger partial charge in [0.25, 0.3) is 0 Å². The monoisotopic (exact) mass is 259 g/mol. The third kappa shape index (κ3) is 1.97. The number of hydrogen-bond acceptors (Lipinski definition) is 7. The van der Waals surface area contributed by atoms with Crippen molar-refractivity contribution in [1.29, 1.82) is 0 Å². The molecule has 0 aliphatic heterocycles. The van der Waals surface area contributed by atoms with Crippen LogP contribution in [0.15, 0.2) is 20.5 Å². The Balaban J connectivity index is 2.24. The first-order chi connectivity index (χ1) is 7.58. The molecule has 1 N–H and O–H groups in total. The van der Waals surface area contributed by atoms with Crippen LogP contribution in [0.3, 0.4) is 0 Å². The number of hydrogen-bond donors (Lipinski definition) is 1. The molecule has 0 spiro atoms. The smallest absolute Gasteiger partial charge is 0.273 e. The van der Waals surface area contributed by atoms with E-state index in [0.717, 1.165) is 23.1 Å². The average molecular weight is 259 g/mol. The summed E-state index contributed by atoms with van der Waals surface area (Å²) < 4.78 is 1.77. The molecule has 2 rings (SSSR count). The zero-order chi connectivity index (χ0) is 11.7. The lowest BCUT2D eigenvalue weighted by molar-refractivity contribution is -0.380. The standard InChI is InChI=1S/C6H5N5O3S2/c1-10-4(12)8-9-5(10)16-6-7-2-3(15-6)11(13)14/h2H,1H3,(H,8,12). The summed E-state index contributed by atoms with van der Waals surface area (Å²) in [5, 5.41) is 16.8. The average Bonchev–Trinajstić information content (AvgIpc) is 2.81. The van der Waals surface area contributed by atoms with Crippen LogP contribution in [0.25, 0.3) is 0 Å². The highest BCUT2D eigenvalue weighted by Crippen LogP contribution is 2.32. The van der Waals surface area contributed by atoms with E-state index in [1.807, 2.05) is 0 Å². The molecule has 0 aromatic carbocycles. The Morgan fingerprint density at radius 3 is 2.94 bits per heavy atom. The Morgan fingerprint density at radius 1 is 1.69 bits per heavy atom. The molecule has 84 valence electrons. The number of H-pyrrole nitrogens is 1. The van der Waals surface area contributed by atoms with E-state index in [1.165, 1.54) is 10.8 Å². The molecule has 2 aromatic rings. The molecule has 0 atom stereocenters. The summed E-state index contributed by atoms with van der Waals surface area (Å²) in [5.74, 6) is 0. The molecule has 8 nitrogen and oxygen atoms in total. The number of nitro groups is 1. The zero-order valence-electron chi connectivity index (χ0n) is 7.91. The van der Waals surface area contributed by atoms with Gasteiger partial charge in [0.15, 0.2) is 9.50 Å². The molecule has 10 heteroatoms. The van der Waals surface area contributed by atoms with Crippen molar-refractivity contribution < 1.29 is 4.92 Å². The van der Waals surface area contributed by atoms with Gasteiger partial charge in [-0.15, -0.1) is 5.10 Å². The van der Waals surface area contributed by atoms with Gasteiger partial charge in [-0.2, -0.15) is 0 Å². The number of nitrogens with one attached hydrogen (secondary N) is 1. The fourth-order valence-corrected chi connectivity index (χ4v) is 2.57. The van der Waals surface area contributed by atoms with E-state index in [9.17, 15) is 14.9 Å². The summed E-state index contributed by atoms with van der Waals surface area (Å²) in [5.41, 5.74) is -0.339. The molecule has 0 aliphatic carbocycles. The molecule has 16 heavy (non-hydrogen) atoms. The Labute approximate surface area is 96.5 Å². The molecule has 0 saturated carbocycles. The lowest BCUT2D eigenvalue weighted by atomic mass is 10.9. The minimum Gasteiger partial charge on any atom is -0.273 e. The van der Waals surface area contributed by atoms with Crippen LogP contribution in [0, 0.1) is 10.1 Å². The van der Waals surface area contributed by atoms with Gasteiger partial charge in [-0.25, -0.2) is 14.9 Å². The van der Waals surface area contributed by atoms with E-state index in [-0.39, 0.29) is 10.7 Å². The van der Waals surface area contributed by atoms with Gasteiger partial charge in [0.2, 0.25) is 0 Å². The molecule has 0 fully saturated rings. The van der Waals surface area contributed by atoms with Crippen molar-refractivity contribution in [3.05, 3.63) is 26.8 Å². The Hall–Kier alpha value is -1.68. The predicted molar refractivity (Wildman–Crippen MR) is 56.7 cm³/mol. The molecule has 0 unspecified atom stereocenters. The van der Waals surface area contributed by atoms with Crippen LogP contribution in [0.1, 0.15) is 0 Å². The van der Waals surface area contributed by atoms with Gasteiger partial charge >= 0.3 is 10.7 Å². The van der Waals surface area contributed by atoms with Crippen LogP contribution in [0.2, 0.25) is 0 Å². The first-order valence-corrected chi connectivity index (χ1v) is 5.60. The van der Waals surface area contributed by atoms with Crippen molar-refractivity contribution in [2.24, 2.45) is 7.05 Å². The molecule has 2 heterocycles. The van der Waals surface area contributed by atoms with Crippen molar-refractivity contribution in [1.82, 2.24) is 19.7 Å². The van der Waals surface area contributed by atoms with Crippen LogP contribution in [0.4, 0.5) is 5.00 Å². The molecular formula is C6H5N5O3S2. The number of rotatable bonds is 3. The second-order valence-electron chi connectivity index (χ2n) is 2.69. The highest BCUT2D eigenvalue weighted by molar-refractivity contribution is 8.00. The molecule has 0 bridgehead atoms. The van der Waals surface area contributed by atoms with E-state index < -0.39 is 4.92 Å². The highest BCUT2D eigenvalue weighted by atomic mass is 32.2. The van der Waals surface area contributed by atoms with E-state index in [1.54, 1.807) is 7.05 Å². The van der Waals surface area contributed by atoms with E-state index in [4.69, 9.17) is 0 Å². The van der Waals surface area contributed by atoms with Crippen molar-refractivity contribution >= 4 is 28.1 Å². The number of nitrogens with zero attached hydrogens (tertiary/aromatic N) is 4. The third-order valence-electron chi connectivity index (χ3n) is 1.67. The van der Waals surface area contributed by atoms with E-state index in [0.29, 0.717) is 9.50 Å². The molecule has 0 amide bonds. The summed E-state index contributed by atoms with van der Waals surface area (Å²) in [6.45, 7) is 0. The van der Waals surface area contributed by atoms with E-state index in [2.05, 4.69) is 15.2 Å². The number of aromatic amines is 1. The SMILES string of the molecule is Cn1c(Sc2ncc([N+](=O)[O-])s2)n[nH]c1=O. The maximum Gasteiger partial charge on any atom is 0.344 e. The van der Waals surface area contributed by atoms with Crippen molar-refractivity contribution in [2.45, 2.75) is 9.50 Å². The number of aromatic nitrogens is 4. The van der Waals surface area contributed by atoms with Gasteiger partial charge in [0.05, 0.1) is 4.92 Å². The fourth-order valence-electron chi connectivity index (χ4n) is 0.884. The van der Waals surface area contributed by atoms with Gasteiger partial charge < -0.3 is 0 Å². The predicted octanol–water partition coefficient (Wildman–Crippen LogP) is 0.624. The number of thiazole rings is 1. The van der Waals surface area contributed by atoms with Crippen molar-refractivity contribution in [3.63, 3.8) is 0 Å². The first kappa shape index (κ1) is 10.8. The van der Waals surface area contributed by atoms with Crippen LogP contribution >= 0.6 is 23.1 Å². The van der Waals surface area contributed by atoms with Crippen LogP contribution in [0.5, 0.6) is 0 Å². The summed E-state index contributed by atoms with van der Waals surface area (Å²) >= 11 is 2.03. The second kappa shape index (κ2) is 4.06. The Bertz CT molecular complexity index is 585. The lowest BCUT2D eigenvalue weighted by Crippen LogP contribution is -2.12. The van der Waals surface area contributed by atoms with Gasteiger partial charge in [0, 0.05) is 7.05 Å². The highest BCUT2D eigenvalue weighted by Gasteiger charge is 2.14. The minimum atomic E-state index is -0.509. The summed E-state index contributed by atoms with van der Waals surface area (Å²) in [4.78, 5) is 24.8. The first-order valence-electron chi connectivity index (χ1n) is 3.97. The van der Waals surface area contributed by atoms with Gasteiger partial charge in [0.1, 0.15) is 6.20 Å². The lowest BCUT2D eigenvalue weighted by Gasteiger charge is -1.93. The van der Waals surface area contributed by atoms with Gasteiger partial charge in [-0.1, -0.05) is 0 Å². The normalized spacial score (nSPS) is 10.6. The quantitative estimate of drug-likeness (QED) is 0.639. The van der Waals surface area contributed by atoms with Crippen molar-refractivity contribution in [2.75, 3.05) is 0 Å². The molecular weight excluding hydrogens is 254 g/mol. The zero-order valence-corrected chi connectivity index (χ0v) is 9.54. The summed E-state index contributed by atoms with van der Waals surface area (Å²) in [7, 11) is 1.55. The summed E-state index contributed by atoms with van der Waals surface area (Å²) in [6, 6.07) is 0. The summed E-state index contributed by atoms with van der Waals surface area (Å²) in [6.07, 6.45) is 1.18. The fraction of sp³-hybridized carbons (Fsp3) is 0.167. The van der Waals surface area contributed by atoms with Crippen LogP contribution in [-0.4, -0.2) is 24.7 Å². The second-order valence-corrected chi connectivity index (χ2v) is 4.92. The van der Waals surface area contributed by atoms with Gasteiger partial charge in [-0.05, 0) is 23.1 Å². The molecule has 0 radical (unpaired) electrons. The van der Waals surface area contributed by atoms with E-state index >= 15 is 0 Å². The molecule has 0 saturated heterocycles.